The Morgan fingerprint density at radius 3 is 2.33 bits per heavy atom. The van der Waals surface area contributed by atoms with Crippen LogP contribution < -0.4 is 10.6 Å². The highest BCUT2D eigenvalue weighted by atomic mass is 35.5. The minimum atomic E-state index is -1.02. The topological polar surface area (TPSA) is 84.5 Å². The van der Waals surface area contributed by atoms with Crippen molar-refractivity contribution in [3.05, 3.63) is 64.7 Å². The Balaban J connectivity index is 1.88. The molecule has 0 aliphatic carbocycles. The van der Waals surface area contributed by atoms with Crippen molar-refractivity contribution < 1.29 is 19.1 Å². The van der Waals surface area contributed by atoms with Gasteiger partial charge in [0.1, 0.15) is 6.04 Å². The molecule has 0 aliphatic rings. The molecular formula is C20H21ClN2O4. The first kappa shape index (κ1) is 20.5. The Morgan fingerprint density at radius 2 is 1.70 bits per heavy atom. The first-order chi connectivity index (χ1) is 12.8. The fourth-order valence-corrected chi connectivity index (χ4v) is 2.36. The third-order valence-corrected chi connectivity index (χ3v) is 4.01. The van der Waals surface area contributed by atoms with Crippen molar-refractivity contribution in [2.24, 2.45) is 0 Å². The summed E-state index contributed by atoms with van der Waals surface area (Å²) in [4.78, 5) is 36.5. The average molecular weight is 389 g/mol. The van der Waals surface area contributed by atoms with Crippen molar-refractivity contribution >= 4 is 35.1 Å². The number of carbonyl (C=O) groups is 3. The second kappa shape index (κ2) is 9.19. The van der Waals surface area contributed by atoms with Crippen molar-refractivity contribution in [3.63, 3.8) is 0 Å². The van der Waals surface area contributed by atoms with E-state index in [9.17, 15) is 14.4 Å². The molecule has 0 saturated heterocycles. The van der Waals surface area contributed by atoms with E-state index >= 15 is 0 Å². The summed E-state index contributed by atoms with van der Waals surface area (Å²) >= 11 is 5.79. The summed E-state index contributed by atoms with van der Waals surface area (Å²) in [6, 6.07) is 12.7. The molecule has 0 saturated carbocycles. The second-order valence-electron chi connectivity index (χ2n) is 6.14. The average Bonchev–Trinajstić information content (AvgIpc) is 2.63. The molecule has 2 aromatic carbocycles. The van der Waals surface area contributed by atoms with E-state index in [1.807, 2.05) is 13.0 Å². The lowest BCUT2D eigenvalue weighted by Gasteiger charge is -2.17. The predicted octanol–water partition coefficient (Wildman–Crippen LogP) is 3.34. The number of amides is 2. The summed E-state index contributed by atoms with van der Waals surface area (Å²) in [6.07, 6.45) is -1.02. The van der Waals surface area contributed by atoms with Crippen LogP contribution in [-0.2, 0) is 14.3 Å². The van der Waals surface area contributed by atoms with Gasteiger partial charge in [0, 0.05) is 16.3 Å². The van der Waals surface area contributed by atoms with Gasteiger partial charge in [-0.2, -0.15) is 0 Å². The molecule has 0 aliphatic heterocycles. The number of benzene rings is 2. The second-order valence-corrected chi connectivity index (χ2v) is 6.58. The molecule has 2 N–H and O–H groups in total. The van der Waals surface area contributed by atoms with Crippen LogP contribution in [0.3, 0.4) is 0 Å². The summed E-state index contributed by atoms with van der Waals surface area (Å²) in [5, 5.41) is 5.73. The zero-order valence-electron chi connectivity index (χ0n) is 15.3. The smallest absolute Gasteiger partial charge is 0.329 e. The van der Waals surface area contributed by atoms with Crippen LogP contribution in [0.4, 0.5) is 5.69 Å². The zero-order chi connectivity index (χ0) is 20.0. The number of aryl methyl sites for hydroxylation is 1. The number of rotatable bonds is 6. The van der Waals surface area contributed by atoms with E-state index in [1.54, 1.807) is 42.5 Å². The van der Waals surface area contributed by atoms with Gasteiger partial charge >= 0.3 is 5.97 Å². The lowest BCUT2D eigenvalue weighted by molar-refractivity contribution is -0.154. The highest BCUT2D eigenvalue weighted by molar-refractivity contribution is 6.30. The fraction of sp³-hybridized carbons (Fsp3) is 0.250. The van der Waals surface area contributed by atoms with E-state index in [-0.39, 0.29) is 5.91 Å². The van der Waals surface area contributed by atoms with Crippen molar-refractivity contribution in [2.75, 3.05) is 5.32 Å². The Kier molecular flexibility index (Phi) is 6.96. The lowest BCUT2D eigenvalue weighted by atomic mass is 10.1. The quantitative estimate of drug-likeness (QED) is 0.743. The van der Waals surface area contributed by atoms with Crippen LogP contribution in [0.5, 0.6) is 0 Å². The molecule has 2 rings (SSSR count). The Hall–Kier alpha value is -2.86. The summed E-state index contributed by atoms with van der Waals surface area (Å²) in [5.41, 5.74) is 1.92. The first-order valence-electron chi connectivity index (χ1n) is 8.40. The first-order valence-corrected chi connectivity index (χ1v) is 8.78. The van der Waals surface area contributed by atoms with Gasteiger partial charge in [0.05, 0.1) is 0 Å². The standard InChI is InChI=1S/C20H21ClN2O4/c1-12-5-4-6-15(11-12)19(25)22-13(2)20(26)27-14(3)18(24)23-17-9-7-16(21)8-10-17/h4-11,13-14H,1-3H3,(H,22,25)(H,23,24)/t13-,14-/m0/s1. The largest absolute Gasteiger partial charge is 0.451 e. The zero-order valence-corrected chi connectivity index (χ0v) is 16.0. The van der Waals surface area contributed by atoms with Crippen molar-refractivity contribution in [3.8, 4) is 0 Å². The van der Waals surface area contributed by atoms with Gasteiger partial charge < -0.3 is 15.4 Å². The van der Waals surface area contributed by atoms with Crippen LogP contribution in [0.2, 0.25) is 5.02 Å². The van der Waals surface area contributed by atoms with Gasteiger partial charge in [-0.25, -0.2) is 4.79 Å². The molecule has 2 aromatic rings. The van der Waals surface area contributed by atoms with Crippen LogP contribution in [0.1, 0.15) is 29.8 Å². The van der Waals surface area contributed by atoms with Crippen molar-refractivity contribution in [2.45, 2.75) is 32.9 Å². The van der Waals surface area contributed by atoms with Gasteiger partial charge in [-0.3, -0.25) is 9.59 Å². The van der Waals surface area contributed by atoms with E-state index in [1.165, 1.54) is 13.8 Å². The minimum Gasteiger partial charge on any atom is -0.451 e. The number of ether oxygens (including phenoxy) is 1. The molecular weight excluding hydrogens is 368 g/mol. The van der Waals surface area contributed by atoms with Gasteiger partial charge in [0.15, 0.2) is 6.10 Å². The maximum atomic E-state index is 12.2. The molecule has 0 spiro atoms. The summed E-state index contributed by atoms with van der Waals surface area (Å²) < 4.78 is 5.14. The third-order valence-electron chi connectivity index (χ3n) is 3.76. The highest BCUT2D eigenvalue weighted by Crippen LogP contribution is 2.14. The Morgan fingerprint density at radius 1 is 1.04 bits per heavy atom. The molecule has 27 heavy (non-hydrogen) atoms. The molecule has 0 heterocycles. The van der Waals surface area contributed by atoms with Gasteiger partial charge in [-0.05, 0) is 57.2 Å². The van der Waals surface area contributed by atoms with Gasteiger partial charge in [0.25, 0.3) is 11.8 Å². The Labute approximate surface area is 162 Å². The van der Waals surface area contributed by atoms with Gasteiger partial charge in [-0.15, -0.1) is 0 Å². The van der Waals surface area contributed by atoms with E-state index in [0.717, 1.165) is 5.56 Å². The molecule has 0 bridgehead atoms. The number of hydrogen-bond donors (Lipinski definition) is 2. The number of carbonyl (C=O) groups excluding carboxylic acids is 3. The summed E-state index contributed by atoms with van der Waals surface area (Å²) in [6.45, 7) is 4.83. The molecule has 6 nitrogen and oxygen atoms in total. The molecule has 0 fully saturated rings. The molecule has 7 heteroatoms. The molecule has 142 valence electrons. The Bertz CT molecular complexity index is 836. The maximum absolute atomic E-state index is 12.2. The van der Waals surface area contributed by atoms with E-state index in [0.29, 0.717) is 16.3 Å². The van der Waals surface area contributed by atoms with Crippen LogP contribution in [0, 0.1) is 6.92 Å². The van der Waals surface area contributed by atoms with Gasteiger partial charge in [0.2, 0.25) is 0 Å². The van der Waals surface area contributed by atoms with Gasteiger partial charge in [-0.1, -0.05) is 29.3 Å². The number of esters is 1. The molecule has 0 radical (unpaired) electrons. The van der Waals surface area contributed by atoms with Crippen molar-refractivity contribution in [1.29, 1.82) is 0 Å². The molecule has 0 aromatic heterocycles. The highest BCUT2D eigenvalue weighted by Gasteiger charge is 2.23. The number of hydrogen-bond acceptors (Lipinski definition) is 4. The maximum Gasteiger partial charge on any atom is 0.329 e. The SMILES string of the molecule is Cc1cccc(C(=O)N[C@@H](C)C(=O)O[C@@H](C)C(=O)Nc2ccc(Cl)cc2)c1. The predicted molar refractivity (Wildman–Crippen MR) is 104 cm³/mol. The third kappa shape index (κ3) is 6.11. The van der Waals surface area contributed by atoms with E-state index in [4.69, 9.17) is 16.3 Å². The van der Waals surface area contributed by atoms with Crippen LogP contribution >= 0.6 is 11.6 Å². The summed E-state index contributed by atoms with van der Waals surface area (Å²) in [7, 11) is 0. The molecule has 0 unspecified atom stereocenters. The van der Waals surface area contributed by atoms with Crippen LogP contribution in [-0.4, -0.2) is 29.9 Å². The summed E-state index contributed by atoms with van der Waals surface area (Å²) in [5.74, 6) is -1.57. The normalized spacial score (nSPS) is 12.6. The van der Waals surface area contributed by atoms with Crippen LogP contribution in [0.25, 0.3) is 0 Å². The monoisotopic (exact) mass is 388 g/mol. The molecule has 2 atom stereocenters. The van der Waals surface area contributed by atoms with E-state index in [2.05, 4.69) is 10.6 Å². The lowest BCUT2D eigenvalue weighted by Crippen LogP contribution is -2.42. The number of halogens is 1. The van der Waals surface area contributed by atoms with Crippen LogP contribution in [0.15, 0.2) is 48.5 Å². The fourth-order valence-electron chi connectivity index (χ4n) is 2.23. The van der Waals surface area contributed by atoms with E-state index < -0.39 is 24.0 Å². The number of nitrogens with one attached hydrogen (secondary N) is 2. The minimum absolute atomic E-state index is 0.388. The molecule has 2 amide bonds. The van der Waals surface area contributed by atoms with Crippen molar-refractivity contribution in [1.82, 2.24) is 5.32 Å². The number of anilines is 1.